The van der Waals surface area contributed by atoms with Crippen LogP contribution in [-0.2, 0) is 0 Å². The highest BCUT2D eigenvalue weighted by Gasteiger charge is 2.03. The molecule has 0 saturated carbocycles. The molecule has 0 unspecified atom stereocenters. The third-order valence-corrected chi connectivity index (χ3v) is 3.27. The molecule has 0 fully saturated rings. The average molecular weight is 268 g/mol. The summed E-state index contributed by atoms with van der Waals surface area (Å²) in [5.74, 6) is 0. The maximum atomic E-state index is 4.21. The van der Waals surface area contributed by atoms with Crippen LogP contribution in [0.3, 0.4) is 0 Å². The van der Waals surface area contributed by atoms with Gasteiger partial charge in [-0.15, -0.1) is 0 Å². The Morgan fingerprint density at radius 2 is 1.71 bits per heavy atom. The van der Waals surface area contributed by atoms with Gasteiger partial charge in [0, 0.05) is 18.6 Å². The highest BCUT2D eigenvalue weighted by molar-refractivity contribution is 9.10. The minimum Gasteiger partial charge on any atom is -0.248 e. The molecule has 2 aromatic rings. The Bertz CT molecular complexity index is 421. The second-order valence-electron chi connectivity index (χ2n) is 2.42. The van der Waals surface area contributed by atoms with Gasteiger partial charge >= 0.3 is 0 Å². The summed E-state index contributed by atoms with van der Waals surface area (Å²) in [6, 6.07) is 5.61. The second kappa shape index (κ2) is 4.52. The highest BCUT2D eigenvalue weighted by Crippen LogP contribution is 2.28. The molecule has 14 heavy (non-hydrogen) atoms. The molecule has 2 heterocycles. The van der Waals surface area contributed by atoms with E-state index in [1.807, 2.05) is 12.1 Å². The van der Waals surface area contributed by atoms with Crippen LogP contribution in [0.2, 0.25) is 0 Å². The minimum atomic E-state index is 0.701. The van der Waals surface area contributed by atoms with Crippen LogP contribution >= 0.6 is 27.7 Å². The molecule has 0 bridgehead atoms. The first-order valence-corrected chi connectivity index (χ1v) is 5.52. The number of hydrogen-bond acceptors (Lipinski definition) is 4. The maximum Gasteiger partial charge on any atom is 0.193 e. The fourth-order valence-electron chi connectivity index (χ4n) is 0.871. The van der Waals surface area contributed by atoms with Crippen LogP contribution in [0, 0.1) is 0 Å². The van der Waals surface area contributed by atoms with Crippen LogP contribution in [0.1, 0.15) is 0 Å². The van der Waals surface area contributed by atoms with Crippen LogP contribution in [0.15, 0.2) is 51.4 Å². The highest BCUT2D eigenvalue weighted by atomic mass is 79.9. The van der Waals surface area contributed by atoms with Gasteiger partial charge in [-0.25, -0.2) is 15.0 Å². The van der Waals surface area contributed by atoms with Crippen LogP contribution in [-0.4, -0.2) is 15.0 Å². The molecular formula is C9H6BrN3S. The summed E-state index contributed by atoms with van der Waals surface area (Å²) in [6.07, 6.45) is 5.17. The third kappa shape index (κ3) is 2.30. The molecule has 0 aliphatic heterocycles. The topological polar surface area (TPSA) is 38.7 Å². The van der Waals surface area contributed by atoms with Gasteiger partial charge in [-0.1, -0.05) is 0 Å². The van der Waals surface area contributed by atoms with Crippen molar-refractivity contribution < 1.29 is 0 Å². The van der Waals surface area contributed by atoms with E-state index in [1.54, 1.807) is 24.7 Å². The van der Waals surface area contributed by atoms with Crippen molar-refractivity contribution in [3.63, 3.8) is 0 Å². The molecule has 0 aliphatic rings. The van der Waals surface area contributed by atoms with E-state index in [9.17, 15) is 0 Å². The molecule has 0 N–H and O–H groups in total. The van der Waals surface area contributed by atoms with Crippen LogP contribution in [0.25, 0.3) is 0 Å². The number of pyridine rings is 1. The van der Waals surface area contributed by atoms with E-state index in [0.29, 0.717) is 5.16 Å². The molecule has 0 radical (unpaired) electrons. The number of halogens is 1. The van der Waals surface area contributed by atoms with Crippen molar-refractivity contribution in [2.75, 3.05) is 0 Å². The second-order valence-corrected chi connectivity index (χ2v) is 4.23. The van der Waals surface area contributed by atoms with Gasteiger partial charge in [-0.3, -0.25) is 0 Å². The zero-order valence-electron chi connectivity index (χ0n) is 7.09. The molecule has 3 nitrogen and oxygen atoms in total. The van der Waals surface area contributed by atoms with Crippen molar-refractivity contribution in [2.24, 2.45) is 0 Å². The van der Waals surface area contributed by atoms with E-state index in [1.165, 1.54) is 11.8 Å². The summed E-state index contributed by atoms with van der Waals surface area (Å²) in [7, 11) is 0. The molecular weight excluding hydrogens is 262 g/mol. The first-order valence-electron chi connectivity index (χ1n) is 3.91. The summed E-state index contributed by atoms with van der Waals surface area (Å²) >= 11 is 4.85. The van der Waals surface area contributed by atoms with Gasteiger partial charge in [0.25, 0.3) is 0 Å². The van der Waals surface area contributed by atoms with Gasteiger partial charge in [-0.05, 0) is 45.9 Å². The molecule has 0 aliphatic carbocycles. The first kappa shape index (κ1) is 9.61. The minimum absolute atomic E-state index is 0.701. The van der Waals surface area contributed by atoms with E-state index in [4.69, 9.17) is 0 Å². The number of nitrogens with zero attached hydrogens (tertiary/aromatic N) is 3. The largest absolute Gasteiger partial charge is 0.248 e. The van der Waals surface area contributed by atoms with Crippen LogP contribution < -0.4 is 0 Å². The van der Waals surface area contributed by atoms with Crippen molar-refractivity contribution in [2.45, 2.75) is 10.2 Å². The fraction of sp³-hybridized carbons (Fsp3) is 0. The zero-order valence-corrected chi connectivity index (χ0v) is 9.49. The lowest BCUT2D eigenvalue weighted by atomic mass is 10.5. The molecule has 0 spiro atoms. The summed E-state index contributed by atoms with van der Waals surface area (Å²) in [6.45, 7) is 0. The standard InChI is InChI=1S/C9H6BrN3S/c10-7-3-1-4-11-8(7)14-9-12-5-2-6-13-9/h1-6H. The number of rotatable bonds is 2. The lowest BCUT2D eigenvalue weighted by molar-refractivity contribution is 0.958. The van der Waals surface area contributed by atoms with Gasteiger partial charge in [0.1, 0.15) is 5.03 Å². The summed E-state index contributed by atoms with van der Waals surface area (Å²) < 4.78 is 0.956. The lowest BCUT2D eigenvalue weighted by Crippen LogP contribution is -1.85. The fourth-order valence-corrected chi connectivity index (χ4v) is 2.05. The zero-order chi connectivity index (χ0) is 9.80. The molecule has 2 aromatic heterocycles. The predicted molar refractivity (Wildman–Crippen MR) is 58.1 cm³/mol. The summed E-state index contributed by atoms with van der Waals surface area (Å²) in [5, 5.41) is 1.57. The monoisotopic (exact) mass is 267 g/mol. The number of hydrogen-bond donors (Lipinski definition) is 0. The SMILES string of the molecule is Brc1cccnc1Sc1ncccn1. The molecule has 0 saturated heterocycles. The Labute approximate surface area is 94.1 Å². The molecule has 5 heteroatoms. The van der Waals surface area contributed by atoms with Crippen molar-refractivity contribution in [3.05, 3.63) is 41.3 Å². The van der Waals surface area contributed by atoms with Crippen molar-refractivity contribution in [3.8, 4) is 0 Å². The van der Waals surface area contributed by atoms with E-state index < -0.39 is 0 Å². The molecule has 0 atom stereocenters. The quantitative estimate of drug-likeness (QED) is 0.785. The molecule has 0 aromatic carbocycles. The Hall–Kier alpha value is -0.940. The van der Waals surface area contributed by atoms with E-state index in [2.05, 4.69) is 30.9 Å². The molecule has 70 valence electrons. The van der Waals surface area contributed by atoms with E-state index >= 15 is 0 Å². The Kier molecular flexibility index (Phi) is 3.10. The molecule has 2 rings (SSSR count). The van der Waals surface area contributed by atoms with Crippen LogP contribution in [0.5, 0.6) is 0 Å². The van der Waals surface area contributed by atoms with Gasteiger partial charge < -0.3 is 0 Å². The predicted octanol–water partition coefficient (Wildman–Crippen LogP) is 2.79. The summed E-state index contributed by atoms with van der Waals surface area (Å²) in [4.78, 5) is 12.4. The molecule has 0 amide bonds. The normalized spacial score (nSPS) is 10.1. The Balaban J connectivity index is 2.24. The first-order chi connectivity index (χ1) is 6.86. The average Bonchev–Trinajstić information content (AvgIpc) is 2.23. The van der Waals surface area contributed by atoms with Crippen molar-refractivity contribution in [1.82, 2.24) is 15.0 Å². The Morgan fingerprint density at radius 3 is 2.43 bits per heavy atom. The van der Waals surface area contributed by atoms with Crippen molar-refractivity contribution in [1.29, 1.82) is 0 Å². The van der Waals surface area contributed by atoms with E-state index in [0.717, 1.165) is 9.50 Å². The smallest absolute Gasteiger partial charge is 0.193 e. The van der Waals surface area contributed by atoms with Gasteiger partial charge in [0.2, 0.25) is 0 Å². The number of aromatic nitrogens is 3. The lowest BCUT2D eigenvalue weighted by Gasteiger charge is -1.99. The third-order valence-electron chi connectivity index (χ3n) is 1.45. The van der Waals surface area contributed by atoms with Gasteiger partial charge in [0.05, 0.1) is 4.47 Å². The summed E-state index contributed by atoms with van der Waals surface area (Å²) in [5.41, 5.74) is 0. The van der Waals surface area contributed by atoms with E-state index in [-0.39, 0.29) is 0 Å². The Morgan fingerprint density at radius 1 is 1.00 bits per heavy atom. The van der Waals surface area contributed by atoms with Gasteiger partial charge in [0.15, 0.2) is 5.16 Å². The maximum absolute atomic E-state index is 4.21. The van der Waals surface area contributed by atoms with Crippen LogP contribution in [0.4, 0.5) is 0 Å². The van der Waals surface area contributed by atoms with Crippen molar-refractivity contribution >= 4 is 27.7 Å². The van der Waals surface area contributed by atoms with Gasteiger partial charge in [-0.2, -0.15) is 0 Å².